The van der Waals surface area contributed by atoms with Crippen LogP contribution in [0.3, 0.4) is 0 Å². The van der Waals surface area contributed by atoms with Gasteiger partial charge in [-0.25, -0.2) is 8.91 Å². The van der Waals surface area contributed by atoms with Crippen molar-refractivity contribution in [3.8, 4) is 11.1 Å². The lowest BCUT2D eigenvalue weighted by Gasteiger charge is -2.11. The van der Waals surface area contributed by atoms with Gasteiger partial charge in [-0.05, 0) is 23.8 Å². The highest BCUT2D eigenvalue weighted by molar-refractivity contribution is 6.01. The maximum Gasteiger partial charge on any atom is 0.255 e. The zero-order chi connectivity index (χ0) is 22.2. The SMILES string of the molecule is Nc1nc2c(C(=O)NC3CNC(=O)C3)cc(-c3cnn(Cc4ccc(F)cc4)c3)cn2n1. The Kier molecular flexibility index (Phi) is 4.77. The van der Waals surface area contributed by atoms with Crippen molar-refractivity contribution < 1.29 is 14.0 Å². The number of hydrogen-bond acceptors (Lipinski definition) is 6. The molecule has 1 aliphatic rings. The standard InChI is InChI=1S/C21H19FN8O2/c22-15-3-1-12(2-4-15)9-29-10-14(7-25-29)13-5-17(19-27-21(23)28-30(19)11-13)20(32)26-16-6-18(31)24-8-16/h1-5,7,10-11,16H,6,8-9H2,(H2,23,28)(H,24,31)(H,26,32). The monoisotopic (exact) mass is 434 g/mol. The van der Waals surface area contributed by atoms with Crippen LogP contribution in [0.15, 0.2) is 48.9 Å². The summed E-state index contributed by atoms with van der Waals surface area (Å²) in [5.41, 5.74) is 8.72. The number of hydrogen-bond donors (Lipinski definition) is 3. The van der Waals surface area contributed by atoms with E-state index in [1.54, 1.807) is 35.3 Å². The first-order valence-corrected chi connectivity index (χ1v) is 9.95. The molecule has 10 nitrogen and oxygen atoms in total. The molecule has 2 amide bonds. The Bertz CT molecular complexity index is 1330. The number of nitrogens with two attached hydrogens (primary N) is 1. The van der Waals surface area contributed by atoms with Crippen LogP contribution in [0.1, 0.15) is 22.3 Å². The van der Waals surface area contributed by atoms with Crippen molar-refractivity contribution in [1.82, 2.24) is 35.0 Å². The molecule has 1 fully saturated rings. The third kappa shape index (κ3) is 3.87. The van der Waals surface area contributed by atoms with Gasteiger partial charge in [0.2, 0.25) is 11.9 Å². The number of amides is 2. The maximum absolute atomic E-state index is 13.1. The smallest absolute Gasteiger partial charge is 0.255 e. The number of anilines is 1. The molecule has 1 saturated heterocycles. The molecule has 1 aliphatic heterocycles. The molecule has 0 spiro atoms. The lowest BCUT2D eigenvalue weighted by Crippen LogP contribution is -2.36. The van der Waals surface area contributed by atoms with Crippen molar-refractivity contribution in [3.05, 3.63) is 65.9 Å². The van der Waals surface area contributed by atoms with E-state index in [0.29, 0.717) is 24.3 Å². The van der Waals surface area contributed by atoms with Crippen LogP contribution < -0.4 is 16.4 Å². The third-order valence-corrected chi connectivity index (χ3v) is 5.23. The van der Waals surface area contributed by atoms with E-state index in [9.17, 15) is 14.0 Å². The van der Waals surface area contributed by atoms with Gasteiger partial charge in [0.1, 0.15) is 5.82 Å². The number of pyridine rings is 1. The molecule has 4 aromatic rings. The van der Waals surface area contributed by atoms with E-state index in [2.05, 4.69) is 25.8 Å². The Balaban J connectivity index is 1.45. The van der Waals surface area contributed by atoms with E-state index in [1.807, 2.05) is 6.20 Å². The van der Waals surface area contributed by atoms with Crippen molar-refractivity contribution in [3.63, 3.8) is 0 Å². The number of carbonyl (C=O) groups excluding carboxylic acids is 2. The first kappa shape index (κ1) is 19.7. The van der Waals surface area contributed by atoms with Gasteiger partial charge in [0.15, 0.2) is 5.65 Å². The van der Waals surface area contributed by atoms with Crippen LogP contribution in [-0.4, -0.2) is 48.8 Å². The summed E-state index contributed by atoms with van der Waals surface area (Å²) in [6.07, 6.45) is 5.44. The molecule has 5 rings (SSSR count). The van der Waals surface area contributed by atoms with Crippen molar-refractivity contribution in [2.45, 2.75) is 19.0 Å². The van der Waals surface area contributed by atoms with Crippen molar-refractivity contribution in [2.75, 3.05) is 12.3 Å². The molecule has 4 N–H and O–H groups in total. The van der Waals surface area contributed by atoms with E-state index in [0.717, 1.165) is 11.1 Å². The summed E-state index contributed by atoms with van der Waals surface area (Å²) in [5.74, 6) is -0.723. The van der Waals surface area contributed by atoms with E-state index < -0.39 is 0 Å². The Labute approximate surface area is 181 Å². The number of halogens is 1. The van der Waals surface area contributed by atoms with Crippen molar-refractivity contribution in [2.24, 2.45) is 0 Å². The van der Waals surface area contributed by atoms with Crippen molar-refractivity contribution in [1.29, 1.82) is 0 Å². The van der Waals surface area contributed by atoms with Crippen LogP contribution >= 0.6 is 0 Å². The predicted molar refractivity (Wildman–Crippen MR) is 113 cm³/mol. The number of nitrogens with zero attached hydrogens (tertiary/aromatic N) is 5. The van der Waals surface area contributed by atoms with Gasteiger partial charge < -0.3 is 16.4 Å². The Hall–Kier alpha value is -4.28. The summed E-state index contributed by atoms with van der Waals surface area (Å²) in [7, 11) is 0. The van der Waals surface area contributed by atoms with Gasteiger partial charge in [-0.2, -0.15) is 10.1 Å². The second-order valence-corrected chi connectivity index (χ2v) is 7.61. The molecule has 32 heavy (non-hydrogen) atoms. The summed E-state index contributed by atoms with van der Waals surface area (Å²) in [6.45, 7) is 0.848. The zero-order valence-corrected chi connectivity index (χ0v) is 16.8. The summed E-state index contributed by atoms with van der Waals surface area (Å²) in [6, 6.07) is 7.61. The van der Waals surface area contributed by atoms with Crippen LogP contribution in [0.4, 0.5) is 10.3 Å². The number of nitrogens with one attached hydrogen (secondary N) is 2. The van der Waals surface area contributed by atoms with E-state index >= 15 is 0 Å². The fourth-order valence-electron chi connectivity index (χ4n) is 3.67. The Morgan fingerprint density at radius 2 is 2.06 bits per heavy atom. The summed E-state index contributed by atoms with van der Waals surface area (Å²) < 4.78 is 16.3. The molecule has 0 bridgehead atoms. The molecule has 4 heterocycles. The highest BCUT2D eigenvalue weighted by Crippen LogP contribution is 2.23. The zero-order valence-electron chi connectivity index (χ0n) is 16.8. The molecule has 162 valence electrons. The minimum absolute atomic E-state index is 0.0425. The largest absolute Gasteiger partial charge is 0.366 e. The molecular weight excluding hydrogens is 415 g/mol. The van der Waals surface area contributed by atoms with Crippen LogP contribution in [0, 0.1) is 5.82 Å². The van der Waals surface area contributed by atoms with Crippen LogP contribution in [0.25, 0.3) is 16.8 Å². The molecule has 0 saturated carbocycles. The molecule has 1 aromatic carbocycles. The van der Waals surface area contributed by atoms with Gasteiger partial charge in [0, 0.05) is 36.5 Å². The number of aromatic nitrogens is 5. The quantitative estimate of drug-likeness (QED) is 0.429. The van der Waals surface area contributed by atoms with Crippen LogP contribution in [0.5, 0.6) is 0 Å². The lowest BCUT2D eigenvalue weighted by molar-refractivity contribution is -0.119. The lowest BCUT2D eigenvalue weighted by atomic mass is 10.1. The maximum atomic E-state index is 13.1. The summed E-state index contributed by atoms with van der Waals surface area (Å²) >= 11 is 0. The van der Waals surface area contributed by atoms with Gasteiger partial charge in [0.05, 0.1) is 24.3 Å². The highest BCUT2D eigenvalue weighted by Gasteiger charge is 2.25. The molecular formula is C21H19FN8O2. The van der Waals surface area contributed by atoms with Crippen molar-refractivity contribution >= 4 is 23.4 Å². The van der Waals surface area contributed by atoms with Gasteiger partial charge >= 0.3 is 0 Å². The average Bonchev–Trinajstić information content (AvgIpc) is 3.48. The van der Waals surface area contributed by atoms with E-state index in [1.165, 1.54) is 16.6 Å². The third-order valence-electron chi connectivity index (χ3n) is 5.23. The minimum Gasteiger partial charge on any atom is -0.366 e. The number of fused-ring (bicyclic) bond motifs is 1. The summed E-state index contributed by atoms with van der Waals surface area (Å²) in [4.78, 5) is 28.6. The average molecular weight is 434 g/mol. The normalized spacial score (nSPS) is 15.8. The fraction of sp³-hybridized carbons (Fsp3) is 0.190. The van der Waals surface area contributed by atoms with Crippen LogP contribution in [-0.2, 0) is 11.3 Å². The minimum atomic E-state index is -0.371. The first-order chi connectivity index (χ1) is 15.4. The fourth-order valence-corrected chi connectivity index (χ4v) is 3.67. The molecule has 3 aromatic heterocycles. The second kappa shape index (κ2) is 7.76. The molecule has 1 unspecified atom stereocenters. The van der Waals surface area contributed by atoms with E-state index in [4.69, 9.17) is 5.73 Å². The van der Waals surface area contributed by atoms with Gasteiger partial charge in [-0.15, -0.1) is 5.10 Å². The Morgan fingerprint density at radius 1 is 1.25 bits per heavy atom. The van der Waals surface area contributed by atoms with Gasteiger partial charge in [-0.3, -0.25) is 14.3 Å². The molecule has 0 aliphatic carbocycles. The van der Waals surface area contributed by atoms with Gasteiger partial charge in [-0.1, -0.05) is 12.1 Å². The van der Waals surface area contributed by atoms with Crippen LogP contribution in [0.2, 0.25) is 0 Å². The molecule has 0 radical (unpaired) electrons. The number of carbonyl (C=O) groups is 2. The van der Waals surface area contributed by atoms with E-state index in [-0.39, 0.29) is 41.6 Å². The summed E-state index contributed by atoms with van der Waals surface area (Å²) in [5, 5.41) is 14.1. The predicted octanol–water partition coefficient (Wildman–Crippen LogP) is 0.981. The Morgan fingerprint density at radius 3 is 2.81 bits per heavy atom. The molecule has 11 heteroatoms. The second-order valence-electron chi connectivity index (χ2n) is 7.61. The van der Waals surface area contributed by atoms with Gasteiger partial charge in [0.25, 0.3) is 5.91 Å². The topological polar surface area (TPSA) is 132 Å². The number of nitrogen functional groups attached to an aromatic ring is 1. The number of rotatable bonds is 5. The first-order valence-electron chi connectivity index (χ1n) is 9.95. The highest BCUT2D eigenvalue weighted by atomic mass is 19.1. The molecule has 1 atom stereocenters. The number of benzene rings is 1.